The van der Waals surface area contributed by atoms with Crippen molar-refractivity contribution in [2.75, 3.05) is 10.5 Å². The molecule has 0 bridgehead atoms. The predicted octanol–water partition coefficient (Wildman–Crippen LogP) is 3.47. The molecule has 20 heavy (non-hydrogen) atoms. The van der Waals surface area contributed by atoms with Gasteiger partial charge in [-0.2, -0.15) is 0 Å². The molecule has 2 aromatic carbocycles. The maximum atomic E-state index is 13.0. The lowest BCUT2D eigenvalue weighted by atomic mass is 10.3. The van der Waals surface area contributed by atoms with Crippen molar-refractivity contribution in [2.45, 2.75) is 4.90 Å². The molecular formula is C12H9ClFIN2O2S. The number of halogens is 3. The van der Waals surface area contributed by atoms with Crippen molar-refractivity contribution in [2.24, 2.45) is 0 Å². The molecule has 0 spiro atoms. The Morgan fingerprint density at radius 2 is 1.90 bits per heavy atom. The molecule has 0 saturated heterocycles. The molecule has 0 aromatic heterocycles. The van der Waals surface area contributed by atoms with Crippen LogP contribution in [0.5, 0.6) is 0 Å². The predicted molar refractivity (Wildman–Crippen MR) is 85.8 cm³/mol. The summed E-state index contributed by atoms with van der Waals surface area (Å²) in [5, 5.41) is 0.345. The highest BCUT2D eigenvalue weighted by Crippen LogP contribution is 2.26. The van der Waals surface area contributed by atoms with Crippen LogP contribution < -0.4 is 10.5 Å². The molecule has 3 N–H and O–H groups in total. The third kappa shape index (κ3) is 3.33. The number of sulfonamides is 1. The number of hydrogen-bond donors (Lipinski definition) is 2. The lowest BCUT2D eigenvalue weighted by molar-refractivity contribution is 0.601. The lowest BCUT2D eigenvalue weighted by Crippen LogP contribution is -2.15. The van der Waals surface area contributed by atoms with E-state index in [9.17, 15) is 12.8 Å². The number of anilines is 2. The fraction of sp³-hybridized carbons (Fsp3) is 0. The number of nitrogen functional groups attached to an aromatic ring is 1. The SMILES string of the molecule is Nc1cc(Cl)ccc1S(=O)(=O)Nc1ccc(F)cc1I. The Morgan fingerprint density at radius 1 is 1.20 bits per heavy atom. The van der Waals surface area contributed by atoms with Gasteiger partial charge in [0.15, 0.2) is 0 Å². The van der Waals surface area contributed by atoms with E-state index in [0.717, 1.165) is 0 Å². The van der Waals surface area contributed by atoms with E-state index >= 15 is 0 Å². The van der Waals surface area contributed by atoms with Crippen LogP contribution in [0.2, 0.25) is 5.02 Å². The van der Waals surface area contributed by atoms with Crippen molar-refractivity contribution in [1.82, 2.24) is 0 Å². The first-order valence-electron chi connectivity index (χ1n) is 5.32. The fourth-order valence-electron chi connectivity index (χ4n) is 1.54. The molecule has 0 heterocycles. The molecule has 0 fully saturated rings. The molecule has 0 atom stereocenters. The van der Waals surface area contributed by atoms with Crippen molar-refractivity contribution in [3.63, 3.8) is 0 Å². The van der Waals surface area contributed by atoms with Gasteiger partial charge in [0.2, 0.25) is 0 Å². The Hall–Kier alpha value is -1.06. The fourth-order valence-corrected chi connectivity index (χ4v) is 3.71. The van der Waals surface area contributed by atoms with E-state index in [0.29, 0.717) is 8.59 Å². The van der Waals surface area contributed by atoms with E-state index < -0.39 is 15.8 Å². The van der Waals surface area contributed by atoms with Gasteiger partial charge >= 0.3 is 0 Å². The van der Waals surface area contributed by atoms with Gasteiger partial charge in [-0.05, 0) is 59.0 Å². The maximum absolute atomic E-state index is 13.0. The van der Waals surface area contributed by atoms with E-state index in [1.54, 1.807) is 0 Å². The van der Waals surface area contributed by atoms with Gasteiger partial charge in [0.25, 0.3) is 10.0 Å². The molecule has 0 radical (unpaired) electrons. The van der Waals surface area contributed by atoms with E-state index in [2.05, 4.69) is 4.72 Å². The average molecular weight is 427 g/mol. The summed E-state index contributed by atoms with van der Waals surface area (Å²) in [6, 6.07) is 7.85. The number of nitrogens with two attached hydrogens (primary N) is 1. The highest BCUT2D eigenvalue weighted by atomic mass is 127. The second-order valence-corrected chi connectivity index (χ2v) is 7.16. The average Bonchev–Trinajstić information content (AvgIpc) is 2.32. The Balaban J connectivity index is 2.41. The molecule has 8 heteroatoms. The summed E-state index contributed by atoms with van der Waals surface area (Å²) in [6.45, 7) is 0. The summed E-state index contributed by atoms with van der Waals surface area (Å²) >= 11 is 7.57. The summed E-state index contributed by atoms with van der Waals surface area (Å²) in [4.78, 5) is -0.0815. The van der Waals surface area contributed by atoms with E-state index in [4.69, 9.17) is 17.3 Å². The van der Waals surface area contributed by atoms with Crippen molar-refractivity contribution >= 4 is 55.6 Å². The molecule has 4 nitrogen and oxygen atoms in total. The van der Waals surface area contributed by atoms with E-state index in [1.165, 1.54) is 36.4 Å². The topological polar surface area (TPSA) is 72.2 Å². The number of rotatable bonds is 3. The first-order chi connectivity index (χ1) is 9.29. The number of benzene rings is 2. The Bertz CT molecular complexity index is 768. The third-order valence-corrected chi connectivity index (χ3v) is 5.00. The summed E-state index contributed by atoms with van der Waals surface area (Å²) < 4.78 is 40.3. The van der Waals surface area contributed by atoms with Crippen LogP contribution in [0.3, 0.4) is 0 Å². The standard InChI is InChI=1S/C12H9ClFIN2O2S/c13-7-1-4-12(10(16)5-7)20(18,19)17-11-3-2-8(14)6-9(11)15/h1-6,17H,16H2. The van der Waals surface area contributed by atoms with Crippen LogP contribution in [0.4, 0.5) is 15.8 Å². The molecule has 0 aliphatic carbocycles. The zero-order chi connectivity index (χ0) is 14.9. The Kier molecular flexibility index (Phi) is 4.40. The molecule has 2 aromatic rings. The highest BCUT2D eigenvalue weighted by Gasteiger charge is 2.19. The molecule has 0 aliphatic rings. The van der Waals surface area contributed by atoms with E-state index in [1.807, 2.05) is 22.6 Å². The van der Waals surface area contributed by atoms with Gasteiger partial charge < -0.3 is 5.73 Å². The molecule has 0 saturated carbocycles. The molecule has 0 unspecified atom stereocenters. The zero-order valence-electron chi connectivity index (χ0n) is 9.90. The van der Waals surface area contributed by atoms with Crippen molar-refractivity contribution < 1.29 is 12.8 Å². The lowest BCUT2D eigenvalue weighted by Gasteiger charge is -2.11. The number of hydrogen-bond acceptors (Lipinski definition) is 3. The first kappa shape index (κ1) is 15.3. The van der Waals surface area contributed by atoms with Crippen molar-refractivity contribution in [3.05, 3.63) is 50.8 Å². The maximum Gasteiger partial charge on any atom is 0.263 e. The number of nitrogens with one attached hydrogen (secondary N) is 1. The van der Waals surface area contributed by atoms with Gasteiger partial charge in [-0.3, -0.25) is 4.72 Å². The first-order valence-corrected chi connectivity index (χ1v) is 8.26. The van der Waals surface area contributed by atoms with Gasteiger partial charge in [0.05, 0.1) is 11.4 Å². The molecule has 106 valence electrons. The van der Waals surface area contributed by atoms with Crippen LogP contribution in [-0.2, 0) is 10.0 Å². The minimum Gasteiger partial charge on any atom is -0.398 e. The second-order valence-electron chi connectivity index (χ2n) is 3.91. The van der Waals surface area contributed by atoms with Crippen LogP contribution in [0.15, 0.2) is 41.3 Å². The quantitative estimate of drug-likeness (QED) is 0.583. The van der Waals surface area contributed by atoms with Crippen molar-refractivity contribution in [1.29, 1.82) is 0 Å². The summed E-state index contributed by atoms with van der Waals surface area (Å²) in [5.74, 6) is -0.441. The van der Waals surface area contributed by atoms with Crippen molar-refractivity contribution in [3.8, 4) is 0 Å². The summed E-state index contributed by atoms with van der Waals surface area (Å²) in [7, 11) is -3.86. The zero-order valence-corrected chi connectivity index (χ0v) is 13.6. The van der Waals surface area contributed by atoms with Gasteiger partial charge in [0, 0.05) is 8.59 Å². The molecule has 0 amide bonds. The third-order valence-electron chi connectivity index (χ3n) is 2.44. The van der Waals surface area contributed by atoms with E-state index in [-0.39, 0.29) is 16.3 Å². The molecule has 2 rings (SSSR count). The van der Waals surface area contributed by atoms with Crippen LogP contribution in [0, 0.1) is 9.39 Å². The van der Waals surface area contributed by atoms with Crippen LogP contribution in [0.1, 0.15) is 0 Å². The highest BCUT2D eigenvalue weighted by molar-refractivity contribution is 14.1. The molecular weight excluding hydrogens is 418 g/mol. The Morgan fingerprint density at radius 3 is 2.50 bits per heavy atom. The minimum absolute atomic E-state index is 0.0436. The van der Waals surface area contributed by atoms with Gasteiger partial charge in [0.1, 0.15) is 10.7 Å². The minimum atomic E-state index is -3.86. The Labute approximate surface area is 134 Å². The van der Waals surface area contributed by atoms with Crippen LogP contribution >= 0.6 is 34.2 Å². The van der Waals surface area contributed by atoms with Gasteiger partial charge in [-0.25, -0.2) is 12.8 Å². The smallest absolute Gasteiger partial charge is 0.263 e. The normalized spacial score (nSPS) is 11.3. The van der Waals surface area contributed by atoms with Gasteiger partial charge in [-0.15, -0.1) is 0 Å². The molecule has 0 aliphatic heterocycles. The largest absolute Gasteiger partial charge is 0.398 e. The van der Waals surface area contributed by atoms with Crippen LogP contribution in [-0.4, -0.2) is 8.42 Å². The second kappa shape index (κ2) is 5.74. The monoisotopic (exact) mass is 426 g/mol. The van der Waals surface area contributed by atoms with Gasteiger partial charge in [-0.1, -0.05) is 11.6 Å². The van der Waals surface area contributed by atoms with Crippen LogP contribution in [0.25, 0.3) is 0 Å². The summed E-state index contributed by atoms with van der Waals surface area (Å²) in [6.07, 6.45) is 0. The summed E-state index contributed by atoms with van der Waals surface area (Å²) in [5.41, 5.74) is 5.98.